The molecule has 0 saturated carbocycles. The van der Waals surface area contributed by atoms with Gasteiger partial charge in [-0.2, -0.15) is 0 Å². The van der Waals surface area contributed by atoms with Crippen molar-refractivity contribution in [1.29, 1.82) is 0 Å². The summed E-state index contributed by atoms with van der Waals surface area (Å²) in [5, 5.41) is 18.0. The summed E-state index contributed by atoms with van der Waals surface area (Å²) in [6.45, 7) is 2.14. The number of carboxylic acid groups (broad SMARTS) is 2. The van der Waals surface area contributed by atoms with Crippen LogP contribution in [-0.4, -0.2) is 40.5 Å². The van der Waals surface area contributed by atoms with Crippen LogP contribution in [-0.2, 0) is 9.59 Å². The van der Waals surface area contributed by atoms with Gasteiger partial charge in [0.15, 0.2) is 11.8 Å². The third-order valence-electron chi connectivity index (χ3n) is 3.66. The Hall–Kier alpha value is -2.37. The van der Waals surface area contributed by atoms with Crippen LogP contribution in [0, 0.1) is 5.92 Å². The fourth-order valence-corrected chi connectivity index (χ4v) is 2.62. The third-order valence-corrected chi connectivity index (χ3v) is 3.66. The van der Waals surface area contributed by atoms with Gasteiger partial charge in [-0.15, -0.1) is 0 Å². The predicted octanol–water partition coefficient (Wildman–Crippen LogP) is 1.64. The summed E-state index contributed by atoms with van der Waals surface area (Å²) in [6.07, 6.45) is 0.541. The van der Waals surface area contributed by atoms with Gasteiger partial charge in [0.1, 0.15) is 0 Å². The molecule has 2 N–H and O–H groups in total. The molecule has 0 radical (unpaired) electrons. The quantitative estimate of drug-likeness (QED) is 0.774. The van der Waals surface area contributed by atoms with Crippen LogP contribution in [0.3, 0.4) is 0 Å². The number of hydrogen-bond acceptors (Lipinski definition) is 4. The van der Waals surface area contributed by atoms with E-state index in [1.54, 1.807) is 36.1 Å². The van der Waals surface area contributed by atoms with Crippen molar-refractivity contribution < 1.29 is 24.6 Å². The van der Waals surface area contributed by atoms with E-state index in [2.05, 4.69) is 0 Å². The highest BCUT2D eigenvalue weighted by Gasteiger charge is 2.41. The molecule has 1 heterocycles. The van der Waals surface area contributed by atoms with Crippen molar-refractivity contribution in [3.63, 3.8) is 0 Å². The molecule has 0 unspecified atom stereocenters. The van der Waals surface area contributed by atoms with Gasteiger partial charge in [-0.1, -0.05) is 19.1 Å². The normalized spacial score (nSPS) is 18.4. The minimum absolute atomic E-state index is 0.0289. The number of carboxylic acids is 2. The zero-order valence-electron chi connectivity index (χ0n) is 11.7. The minimum atomic E-state index is -1.21. The van der Waals surface area contributed by atoms with Crippen molar-refractivity contribution in [2.24, 2.45) is 5.92 Å². The lowest BCUT2D eigenvalue weighted by molar-refractivity contribution is -0.139. The number of anilines is 1. The monoisotopic (exact) mass is 291 g/mol. The molecule has 1 aromatic carbocycles. The van der Waals surface area contributed by atoms with Gasteiger partial charge in [0.25, 0.3) is 0 Å². The van der Waals surface area contributed by atoms with Crippen molar-refractivity contribution in [3.05, 3.63) is 29.8 Å². The number of ketones is 1. The maximum atomic E-state index is 12.2. The van der Waals surface area contributed by atoms with Gasteiger partial charge >= 0.3 is 11.9 Å². The number of fused-ring (bicyclic) bond motifs is 1. The second-order valence-corrected chi connectivity index (χ2v) is 5.31. The molecule has 0 fully saturated rings. The van der Waals surface area contributed by atoms with Gasteiger partial charge in [0.05, 0.1) is 0 Å². The summed E-state index contributed by atoms with van der Waals surface area (Å²) in [5.74, 6) is -2.55. The number of rotatable bonds is 6. The zero-order chi connectivity index (χ0) is 15.6. The Bertz CT molecular complexity index is 583. The standard InChI is InChI=1S/C15H17NO5/c1-9(8-12(17)18)6-7-16-11-5-3-2-4-10(11)14(19)13(16)15(20)21/h2-5,9,13H,6-8H2,1H3,(H,17,18)(H,20,21)/t9-,13-/m1/s1. The fourth-order valence-electron chi connectivity index (χ4n) is 2.62. The van der Waals surface area contributed by atoms with E-state index >= 15 is 0 Å². The van der Waals surface area contributed by atoms with Crippen LogP contribution in [0.25, 0.3) is 0 Å². The lowest BCUT2D eigenvalue weighted by Gasteiger charge is -2.24. The Morgan fingerprint density at radius 1 is 1.29 bits per heavy atom. The molecule has 6 heteroatoms. The molecule has 0 aliphatic carbocycles. The molecule has 1 aliphatic rings. The summed E-state index contributed by atoms with van der Waals surface area (Å²) in [6, 6.07) is 5.59. The number of benzene rings is 1. The van der Waals surface area contributed by atoms with Crippen LogP contribution in [0.1, 0.15) is 30.1 Å². The predicted molar refractivity (Wildman–Crippen MR) is 75.6 cm³/mol. The van der Waals surface area contributed by atoms with Gasteiger partial charge in [-0.05, 0) is 24.5 Å². The molecule has 0 spiro atoms. The summed E-state index contributed by atoms with van der Waals surface area (Å²) in [4.78, 5) is 35.7. The van der Waals surface area contributed by atoms with Crippen LogP contribution in [0.2, 0.25) is 0 Å². The smallest absolute Gasteiger partial charge is 0.334 e. The van der Waals surface area contributed by atoms with E-state index in [9.17, 15) is 19.5 Å². The van der Waals surface area contributed by atoms with Crippen molar-refractivity contribution in [1.82, 2.24) is 0 Å². The van der Waals surface area contributed by atoms with Gasteiger partial charge < -0.3 is 15.1 Å². The van der Waals surface area contributed by atoms with Crippen LogP contribution >= 0.6 is 0 Å². The first-order chi connectivity index (χ1) is 9.91. The Morgan fingerprint density at radius 2 is 1.95 bits per heavy atom. The third kappa shape index (κ3) is 3.04. The molecule has 1 aromatic rings. The number of carbonyl (C=O) groups is 3. The van der Waals surface area contributed by atoms with Crippen molar-refractivity contribution >= 4 is 23.4 Å². The van der Waals surface area contributed by atoms with E-state index in [4.69, 9.17) is 5.11 Å². The van der Waals surface area contributed by atoms with E-state index in [0.29, 0.717) is 24.2 Å². The molecule has 0 aromatic heterocycles. The van der Waals surface area contributed by atoms with Crippen molar-refractivity contribution in [3.8, 4) is 0 Å². The Morgan fingerprint density at radius 3 is 2.57 bits per heavy atom. The molecule has 0 saturated heterocycles. The zero-order valence-corrected chi connectivity index (χ0v) is 11.7. The number of hydrogen-bond donors (Lipinski definition) is 2. The second kappa shape index (κ2) is 5.95. The summed E-state index contributed by atoms with van der Waals surface area (Å²) in [7, 11) is 0. The average molecular weight is 291 g/mol. The highest BCUT2D eigenvalue weighted by molar-refractivity contribution is 6.20. The SMILES string of the molecule is C[C@H](CCN1c2ccccc2C(=O)[C@@H]1C(=O)O)CC(=O)O. The number of para-hydroxylation sites is 1. The van der Waals surface area contributed by atoms with Gasteiger partial charge in [0, 0.05) is 24.2 Å². The molecule has 0 amide bonds. The average Bonchev–Trinajstić information content (AvgIpc) is 2.69. The van der Waals surface area contributed by atoms with Crippen LogP contribution < -0.4 is 4.90 Å². The van der Waals surface area contributed by atoms with Gasteiger partial charge in [-0.25, -0.2) is 4.79 Å². The van der Waals surface area contributed by atoms with E-state index in [1.807, 2.05) is 0 Å². The van der Waals surface area contributed by atoms with E-state index in [-0.39, 0.29) is 12.3 Å². The first-order valence-corrected chi connectivity index (χ1v) is 6.76. The molecule has 6 nitrogen and oxygen atoms in total. The maximum absolute atomic E-state index is 12.2. The lowest BCUT2D eigenvalue weighted by atomic mass is 10.0. The first-order valence-electron chi connectivity index (χ1n) is 6.76. The molecular formula is C15H17NO5. The van der Waals surface area contributed by atoms with Crippen molar-refractivity contribution in [2.75, 3.05) is 11.4 Å². The Kier molecular flexibility index (Phi) is 4.26. The molecular weight excluding hydrogens is 274 g/mol. The minimum Gasteiger partial charge on any atom is -0.481 e. The number of Topliss-reactive ketones (excluding diaryl/α,β-unsaturated/α-hetero) is 1. The van der Waals surface area contributed by atoms with Crippen LogP contribution in [0.5, 0.6) is 0 Å². The first kappa shape index (κ1) is 15.0. The van der Waals surface area contributed by atoms with Crippen LogP contribution in [0.4, 0.5) is 5.69 Å². The van der Waals surface area contributed by atoms with E-state index in [0.717, 1.165) is 0 Å². The van der Waals surface area contributed by atoms with Crippen molar-refractivity contribution in [2.45, 2.75) is 25.8 Å². The number of carbonyl (C=O) groups excluding carboxylic acids is 1. The number of nitrogens with zero attached hydrogens (tertiary/aromatic N) is 1. The molecule has 2 atom stereocenters. The van der Waals surface area contributed by atoms with E-state index in [1.165, 1.54) is 0 Å². The maximum Gasteiger partial charge on any atom is 0.334 e. The fraction of sp³-hybridized carbons (Fsp3) is 0.400. The van der Waals surface area contributed by atoms with E-state index < -0.39 is 23.8 Å². The molecule has 112 valence electrons. The topological polar surface area (TPSA) is 94.9 Å². The molecule has 1 aliphatic heterocycles. The molecule has 21 heavy (non-hydrogen) atoms. The highest BCUT2D eigenvalue weighted by Crippen LogP contribution is 2.32. The van der Waals surface area contributed by atoms with Crippen LogP contribution in [0.15, 0.2) is 24.3 Å². The number of aliphatic carboxylic acids is 2. The highest BCUT2D eigenvalue weighted by atomic mass is 16.4. The molecule has 0 bridgehead atoms. The van der Waals surface area contributed by atoms with Gasteiger partial charge in [0.2, 0.25) is 0 Å². The largest absolute Gasteiger partial charge is 0.481 e. The second-order valence-electron chi connectivity index (χ2n) is 5.31. The summed E-state index contributed by atoms with van der Waals surface area (Å²) < 4.78 is 0. The Labute approximate surface area is 122 Å². The molecule has 2 rings (SSSR count). The Balaban J connectivity index is 2.17. The van der Waals surface area contributed by atoms with Gasteiger partial charge in [-0.3, -0.25) is 9.59 Å². The lowest BCUT2D eigenvalue weighted by Crippen LogP contribution is -2.42. The summed E-state index contributed by atoms with van der Waals surface area (Å²) in [5.41, 5.74) is 1.02. The summed E-state index contributed by atoms with van der Waals surface area (Å²) >= 11 is 0.